The van der Waals surface area contributed by atoms with Crippen LogP contribution in [0.2, 0.25) is 0 Å². The van der Waals surface area contributed by atoms with Gasteiger partial charge in [-0.25, -0.2) is 4.39 Å². The van der Waals surface area contributed by atoms with E-state index in [0.29, 0.717) is 18.7 Å². The largest absolute Gasteiger partial charge is 0.508 e. The van der Waals surface area contributed by atoms with Crippen molar-refractivity contribution in [2.24, 2.45) is 0 Å². The SMILES string of the molecule is COCCn1cc(NC(C)c2ccc(O)cc2F)cn1. The molecule has 1 atom stereocenters. The van der Waals surface area contributed by atoms with Gasteiger partial charge in [0.05, 0.1) is 31.1 Å². The molecule has 5 nitrogen and oxygen atoms in total. The van der Waals surface area contributed by atoms with E-state index >= 15 is 0 Å². The number of methoxy groups -OCH3 is 1. The molecule has 108 valence electrons. The molecule has 1 unspecified atom stereocenters. The maximum atomic E-state index is 13.7. The van der Waals surface area contributed by atoms with Crippen molar-refractivity contribution in [1.82, 2.24) is 9.78 Å². The summed E-state index contributed by atoms with van der Waals surface area (Å²) in [5.74, 6) is -0.511. The number of phenols is 1. The van der Waals surface area contributed by atoms with Crippen molar-refractivity contribution in [2.75, 3.05) is 19.0 Å². The number of nitrogens with one attached hydrogen (secondary N) is 1. The number of aromatic nitrogens is 2. The smallest absolute Gasteiger partial charge is 0.132 e. The van der Waals surface area contributed by atoms with Gasteiger partial charge in [0, 0.05) is 24.9 Å². The third-order valence-electron chi connectivity index (χ3n) is 2.99. The Labute approximate surface area is 117 Å². The summed E-state index contributed by atoms with van der Waals surface area (Å²) >= 11 is 0. The third kappa shape index (κ3) is 3.48. The third-order valence-corrected chi connectivity index (χ3v) is 2.99. The quantitative estimate of drug-likeness (QED) is 0.853. The Balaban J connectivity index is 2.03. The molecule has 0 radical (unpaired) electrons. The predicted octanol–water partition coefficient (Wildman–Crippen LogP) is 2.55. The molecule has 0 aliphatic rings. The highest BCUT2D eigenvalue weighted by molar-refractivity contribution is 5.42. The van der Waals surface area contributed by atoms with Crippen molar-refractivity contribution in [3.63, 3.8) is 0 Å². The van der Waals surface area contributed by atoms with Crippen LogP contribution in [0, 0.1) is 5.82 Å². The first-order valence-corrected chi connectivity index (χ1v) is 6.36. The van der Waals surface area contributed by atoms with Gasteiger partial charge in [-0.15, -0.1) is 0 Å². The molecule has 2 aromatic rings. The van der Waals surface area contributed by atoms with Gasteiger partial charge in [0.15, 0.2) is 0 Å². The van der Waals surface area contributed by atoms with Crippen LogP contribution in [-0.2, 0) is 11.3 Å². The normalized spacial score (nSPS) is 12.3. The van der Waals surface area contributed by atoms with Gasteiger partial charge in [-0.1, -0.05) is 6.07 Å². The van der Waals surface area contributed by atoms with Gasteiger partial charge in [0.2, 0.25) is 0 Å². The van der Waals surface area contributed by atoms with Crippen LogP contribution in [0.25, 0.3) is 0 Å². The summed E-state index contributed by atoms with van der Waals surface area (Å²) in [4.78, 5) is 0. The van der Waals surface area contributed by atoms with Crippen molar-refractivity contribution in [1.29, 1.82) is 0 Å². The summed E-state index contributed by atoms with van der Waals surface area (Å²) in [6.07, 6.45) is 3.53. The van der Waals surface area contributed by atoms with Crippen LogP contribution in [0.1, 0.15) is 18.5 Å². The first-order valence-electron chi connectivity index (χ1n) is 6.36. The van der Waals surface area contributed by atoms with Crippen molar-refractivity contribution in [2.45, 2.75) is 19.5 Å². The molecule has 6 heteroatoms. The summed E-state index contributed by atoms with van der Waals surface area (Å²) in [6, 6.07) is 3.92. The Morgan fingerprint density at radius 2 is 2.30 bits per heavy atom. The second-order valence-corrected chi connectivity index (χ2v) is 4.56. The lowest BCUT2D eigenvalue weighted by Gasteiger charge is -2.15. The number of aromatic hydroxyl groups is 1. The molecule has 0 saturated heterocycles. The van der Waals surface area contributed by atoms with Crippen LogP contribution in [-0.4, -0.2) is 28.6 Å². The molecule has 0 spiro atoms. The Morgan fingerprint density at radius 1 is 1.50 bits per heavy atom. The van der Waals surface area contributed by atoms with Crippen molar-refractivity contribution < 1.29 is 14.2 Å². The van der Waals surface area contributed by atoms with Gasteiger partial charge in [-0.2, -0.15) is 5.10 Å². The van der Waals surface area contributed by atoms with Gasteiger partial charge in [-0.05, 0) is 13.0 Å². The van der Waals surface area contributed by atoms with Crippen LogP contribution in [0.5, 0.6) is 5.75 Å². The Morgan fingerprint density at radius 3 is 3.00 bits per heavy atom. The van der Waals surface area contributed by atoms with E-state index in [9.17, 15) is 9.50 Å². The summed E-state index contributed by atoms with van der Waals surface area (Å²) in [5.41, 5.74) is 1.30. The molecule has 0 aliphatic heterocycles. The molecule has 2 rings (SSSR count). The second-order valence-electron chi connectivity index (χ2n) is 4.56. The highest BCUT2D eigenvalue weighted by Gasteiger charge is 2.12. The number of hydrogen-bond acceptors (Lipinski definition) is 4. The Kier molecular flexibility index (Phi) is 4.57. The van der Waals surface area contributed by atoms with E-state index in [0.717, 1.165) is 11.8 Å². The number of halogens is 1. The molecule has 0 bridgehead atoms. The zero-order chi connectivity index (χ0) is 14.5. The highest BCUT2D eigenvalue weighted by Crippen LogP contribution is 2.24. The highest BCUT2D eigenvalue weighted by atomic mass is 19.1. The van der Waals surface area contributed by atoms with E-state index in [1.54, 1.807) is 24.1 Å². The fraction of sp³-hybridized carbons (Fsp3) is 0.357. The molecule has 20 heavy (non-hydrogen) atoms. The summed E-state index contributed by atoms with van der Waals surface area (Å²) in [5, 5.41) is 16.6. The van der Waals surface area contributed by atoms with Crippen LogP contribution in [0.3, 0.4) is 0 Å². The van der Waals surface area contributed by atoms with E-state index in [1.165, 1.54) is 6.07 Å². The molecule has 1 aromatic heterocycles. The maximum Gasteiger partial charge on any atom is 0.132 e. The molecule has 0 amide bonds. The summed E-state index contributed by atoms with van der Waals surface area (Å²) in [7, 11) is 1.64. The standard InChI is InChI=1S/C14H18FN3O2/c1-10(13-4-3-12(19)7-14(13)15)17-11-8-16-18(9-11)5-6-20-2/h3-4,7-10,17,19H,5-6H2,1-2H3. The van der Waals surface area contributed by atoms with E-state index in [2.05, 4.69) is 10.4 Å². The number of hydrogen-bond donors (Lipinski definition) is 2. The average Bonchev–Trinajstić information content (AvgIpc) is 2.83. The van der Waals surface area contributed by atoms with Crippen LogP contribution in [0.4, 0.5) is 10.1 Å². The van der Waals surface area contributed by atoms with Gasteiger partial charge < -0.3 is 15.2 Å². The minimum Gasteiger partial charge on any atom is -0.508 e. The first-order chi connectivity index (χ1) is 9.60. The van der Waals surface area contributed by atoms with Crippen LogP contribution in [0.15, 0.2) is 30.6 Å². The second kappa shape index (κ2) is 6.38. The predicted molar refractivity (Wildman–Crippen MR) is 74.2 cm³/mol. The zero-order valence-electron chi connectivity index (χ0n) is 11.5. The zero-order valence-corrected chi connectivity index (χ0v) is 11.5. The molecule has 1 heterocycles. The van der Waals surface area contributed by atoms with E-state index in [-0.39, 0.29) is 11.8 Å². The molecule has 2 N–H and O–H groups in total. The average molecular weight is 279 g/mol. The van der Waals surface area contributed by atoms with Crippen LogP contribution < -0.4 is 5.32 Å². The summed E-state index contributed by atoms with van der Waals surface area (Å²) in [6.45, 7) is 3.10. The maximum absolute atomic E-state index is 13.7. The number of ether oxygens (including phenoxy) is 1. The Hall–Kier alpha value is -2.08. The number of phenolic OH excluding ortho intramolecular Hbond substituents is 1. The fourth-order valence-electron chi connectivity index (χ4n) is 1.94. The van der Waals surface area contributed by atoms with Gasteiger partial charge >= 0.3 is 0 Å². The Bertz CT molecular complexity index is 571. The van der Waals surface area contributed by atoms with Gasteiger partial charge in [0.1, 0.15) is 11.6 Å². The van der Waals surface area contributed by atoms with Crippen molar-refractivity contribution >= 4 is 5.69 Å². The fourth-order valence-corrected chi connectivity index (χ4v) is 1.94. The van der Waals surface area contributed by atoms with E-state index in [4.69, 9.17) is 4.74 Å². The lowest BCUT2D eigenvalue weighted by atomic mass is 10.1. The summed E-state index contributed by atoms with van der Waals surface area (Å²) < 4.78 is 20.5. The monoisotopic (exact) mass is 279 g/mol. The minimum absolute atomic E-state index is 0.0779. The number of rotatable bonds is 6. The first kappa shape index (κ1) is 14.3. The molecule has 1 aromatic carbocycles. The van der Waals surface area contributed by atoms with Crippen molar-refractivity contribution in [3.8, 4) is 5.75 Å². The topological polar surface area (TPSA) is 59.3 Å². The lowest BCUT2D eigenvalue weighted by Crippen LogP contribution is -2.08. The molecule has 0 saturated carbocycles. The van der Waals surface area contributed by atoms with Gasteiger partial charge in [-0.3, -0.25) is 4.68 Å². The molecule has 0 fully saturated rings. The lowest BCUT2D eigenvalue weighted by molar-refractivity contribution is 0.183. The number of nitrogens with zero attached hydrogens (tertiary/aromatic N) is 2. The number of anilines is 1. The van der Waals surface area contributed by atoms with E-state index in [1.807, 2.05) is 13.1 Å². The van der Waals surface area contributed by atoms with E-state index < -0.39 is 5.82 Å². The molecular formula is C14H18FN3O2. The number of benzene rings is 1. The minimum atomic E-state index is -0.434. The van der Waals surface area contributed by atoms with Crippen LogP contribution >= 0.6 is 0 Å². The molecular weight excluding hydrogens is 261 g/mol. The van der Waals surface area contributed by atoms with Crippen molar-refractivity contribution in [3.05, 3.63) is 42.0 Å². The van der Waals surface area contributed by atoms with Gasteiger partial charge in [0.25, 0.3) is 0 Å². The molecule has 0 aliphatic carbocycles.